The number of carboxylic acid groups (broad SMARTS) is 1. The maximum Gasteiger partial charge on any atom is 0.323 e. The van der Waals surface area contributed by atoms with Crippen LogP contribution in [0.4, 0.5) is 0 Å². The van der Waals surface area contributed by atoms with Crippen LogP contribution in [0.3, 0.4) is 0 Å². The number of aliphatic carboxylic acids is 1. The van der Waals surface area contributed by atoms with Gasteiger partial charge in [-0.1, -0.05) is 13.8 Å². The van der Waals surface area contributed by atoms with Crippen LogP contribution in [0.15, 0.2) is 0 Å². The Labute approximate surface area is 78.3 Å². The smallest absolute Gasteiger partial charge is 0.323 e. The molecule has 2 N–H and O–H groups in total. The Bertz CT molecular complexity index is 182. The van der Waals surface area contributed by atoms with Crippen LogP contribution in [0, 0.1) is 5.92 Å². The highest BCUT2D eigenvalue weighted by molar-refractivity contribution is 5.73. The monoisotopic (exact) mass is 187 g/mol. The Balaban J connectivity index is 2.37. The molecule has 76 valence electrons. The van der Waals surface area contributed by atoms with Crippen molar-refractivity contribution in [3.8, 4) is 0 Å². The fourth-order valence-electron chi connectivity index (χ4n) is 1.56. The lowest BCUT2D eigenvalue weighted by Crippen LogP contribution is -2.52. The molecule has 1 fully saturated rings. The minimum Gasteiger partial charge on any atom is -0.480 e. The second kappa shape index (κ2) is 4.58. The maximum absolute atomic E-state index is 10.6. The van der Waals surface area contributed by atoms with Crippen LogP contribution in [0.5, 0.6) is 0 Å². The Hall–Kier alpha value is -0.610. The number of carbonyl (C=O) groups is 1. The fraction of sp³-hybridized carbons (Fsp3) is 0.889. The summed E-state index contributed by atoms with van der Waals surface area (Å²) in [4.78, 5) is 10.6. The normalized spacial score (nSPS) is 29.2. The van der Waals surface area contributed by atoms with Gasteiger partial charge in [0.2, 0.25) is 0 Å². The van der Waals surface area contributed by atoms with Gasteiger partial charge >= 0.3 is 5.97 Å². The molecule has 0 aromatic heterocycles. The van der Waals surface area contributed by atoms with Crippen molar-refractivity contribution in [3.63, 3.8) is 0 Å². The molecule has 1 heterocycles. The molecule has 0 saturated carbocycles. The van der Waals surface area contributed by atoms with E-state index in [0.29, 0.717) is 12.5 Å². The molecule has 0 aromatic rings. The first-order valence-corrected chi connectivity index (χ1v) is 4.66. The first-order chi connectivity index (χ1) is 6.09. The van der Waals surface area contributed by atoms with E-state index in [2.05, 4.69) is 19.2 Å². The van der Waals surface area contributed by atoms with Gasteiger partial charge in [-0.15, -0.1) is 0 Å². The van der Waals surface area contributed by atoms with E-state index < -0.39 is 12.0 Å². The van der Waals surface area contributed by atoms with Crippen LogP contribution in [0.1, 0.15) is 20.3 Å². The Morgan fingerprint density at radius 2 is 2.31 bits per heavy atom. The van der Waals surface area contributed by atoms with E-state index in [0.717, 1.165) is 6.42 Å². The van der Waals surface area contributed by atoms with E-state index in [-0.39, 0.29) is 12.6 Å². The van der Waals surface area contributed by atoms with Crippen LogP contribution >= 0.6 is 0 Å². The molecule has 1 aliphatic heterocycles. The zero-order chi connectivity index (χ0) is 9.84. The number of nitrogens with one attached hydrogen (secondary N) is 1. The highest BCUT2D eigenvalue weighted by Crippen LogP contribution is 2.09. The summed E-state index contributed by atoms with van der Waals surface area (Å²) >= 11 is 0. The molecular formula is C9H17NO3. The average Bonchev–Trinajstić information content (AvgIpc) is 2.03. The van der Waals surface area contributed by atoms with Gasteiger partial charge in [-0.25, -0.2) is 0 Å². The summed E-state index contributed by atoms with van der Waals surface area (Å²) in [6.45, 7) is 5.14. The van der Waals surface area contributed by atoms with E-state index in [4.69, 9.17) is 9.84 Å². The molecule has 4 heteroatoms. The molecular weight excluding hydrogens is 170 g/mol. The summed E-state index contributed by atoms with van der Waals surface area (Å²) in [5.41, 5.74) is 0. The summed E-state index contributed by atoms with van der Waals surface area (Å²) in [6, 6.07) is -0.340. The molecule has 4 nitrogen and oxygen atoms in total. The number of morpholine rings is 1. The van der Waals surface area contributed by atoms with Crippen molar-refractivity contribution in [1.82, 2.24) is 5.32 Å². The van der Waals surface area contributed by atoms with Gasteiger partial charge in [0.05, 0.1) is 13.2 Å². The first kappa shape index (κ1) is 10.5. The first-order valence-electron chi connectivity index (χ1n) is 4.66. The van der Waals surface area contributed by atoms with Gasteiger partial charge < -0.3 is 9.84 Å². The van der Waals surface area contributed by atoms with Crippen molar-refractivity contribution < 1.29 is 14.6 Å². The lowest BCUT2D eigenvalue weighted by atomic mass is 10.0. The minimum atomic E-state index is -0.826. The summed E-state index contributed by atoms with van der Waals surface area (Å²) in [5, 5.41) is 11.8. The van der Waals surface area contributed by atoms with Gasteiger partial charge in [-0.05, 0) is 12.3 Å². The lowest BCUT2D eigenvalue weighted by Gasteiger charge is -2.29. The van der Waals surface area contributed by atoms with E-state index in [1.165, 1.54) is 0 Å². The summed E-state index contributed by atoms with van der Waals surface area (Å²) in [7, 11) is 0. The molecule has 0 aliphatic carbocycles. The van der Waals surface area contributed by atoms with E-state index >= 15 is 0 Å². The zero-order valence-corrected chi connectivity index (χ0v) is 8.12. The van der Waals surface area contributed by atoms with Crippen molar-refractivity contribution in [2.24, 2.45) is 5.92 Å². The van der Waals surface area contributed by atoms with Gasteiger partial charge in [0.25, 0.3) is 0 Å². The number of ether oxygens (including phenoxy) is 1. The molecule has 0 spiro atoms. The van der Waals surface area contributed by atoms with Crippen LogP contribution in [0.2, 0.25) is 0 Å². The SMILES string of the molecule is CC(C)CC1COCC(C(=O)O)N1. The largest absolute Gasteiger partial charge is 0.480 e. The van der Waals surface area contributed by atoms with Gasteiger partial charge in [0.15, 0.2) is 0 Å². The quantitative estimate of drug-likeness (QED) is 0.674. The molecule has 13 heavy (non-hydrogen) atoms. The van der Waals surface area contributed by atoms with Crippen LogP contribution < -0.4 is 5.32 Å². The van der Waals surface area contributed by atoms with Crippen molar-refractivity contribution in [2.45, 2.75) is 32.4 Å². The number of rotatable bonds is 3. The third-order valence-corrected chi connectivity index (χ3v) is 2.09. The predicted octanol–water partition coefficient (Wildman–Crippen LogP) is 0.474. The van der Waals surface area contributed by atoms with Gasteiger partial charge in [0.1, 0.15) is 6.04 Å². The average molecular weight is 187 g/mol. The van der Waals surface area contributed by atoms with Crippen molar-refractivity contribution in [3.05, 3.63) is 0 Å². The molecule has 1 aliphatic rings. The summed E-state index contributed by atoms with van der Waals surface area (Å²) in [6.07, 6.45) is 0.962. The zero-order valence-electron chi connectivity index (χ0n) is 8.12. The Morgan fingerprint density at radius 1 is 1.62 bits per heavy atom. The van der Waals surface area contributed by atoms with E-state index in [1.54, 1.807) is 0 Å². The molecule has 2 unspecified atom stereocenters. The van der Waals surface area contributed by atoms with Crippen molar-refractivity contribution in [1.29, 1.82) is 0 Å². The third-order valence-electron chi connectivity index (χ3n) is 2.09. The molecule has 0 radical (unpaired) electrons. The van der Waals surface area contributed by atoms with Crippen LogP contribution in [0.25, 0.3) is 0 Å². The maximum atomic E-state index is 10.6. The van der Waals surface area contributed by atoms with Gasteiger partial charge in [0, 0.05) is 6.04 Å². The number of hydrogen-bond acceptors (Lipinski definition) is 3. The van der Waals surface area contributed by atoms with E-state index in [1.807, 2.05) is 0 Å². The standard InChI is InChI=1S/C9H17NO3/c1-6(2)3-7-4-13-5-8(10-7)9(11)12/h6-8,10H,3-5H2,1-2H3,(H,11,12). The number of hydrogen-bond donors (Lipinski definition) is 2. The molecule has 0 bridgehead atoms. The highest BCUT2D eigenvalue weighted by Gasteiger charge is 2.26. The fourth-order valence-corrected chi connectivity index (χ4v) is 1.56. The second-order valence-electron chi connectivity index (χ2n) is 3.92. The molecule has 0 aromatic carbocycles. The third kappa shape index (κ3) is 3.32. The van der Waals surface area contributed by atoms with Crippen LogP contribution in [-0.4, -0.2) is 36.4 Å². The summed E-state index contributed by atoms with van der Waals surface area (Å²) in [5.74, 6) is -0.262. The van der Waals surface area contributed by atoms with Crippen molar-refractivity contribution >= 4 is 5.97 Å². The molecule has 1 rings (SSSR count). The summed E-state index contributed by atoms with van der Waals surface area (Å²) < 4.78 is 5.21. The Morgan fingerprint density at radius 3 is 2.85 bits per heavy atom. The molecule has 2 atom stereocenters. The Kier molecular flexibility index (Phi) is 3.69. The molecule has 0 amide bonds. The van der Waals surface area contributed by atoms with Crippen molar-refractivity contribution in [2.75, 3.05) is 13.2 Å². The van der Waals surface area contributed by atoms with E-state index in [9.17, 15) is 4.79 Å². The van der Waals surface area contributed by atoms with Gasteiger partial charge in [-0.2, -0.15) is 0 Å². The minimum absolute atomic E-state index is 0.190. The lowest BCUT2D eigenvalue weighted by molar-refractivity contribution is -0.143. The van der Waals surface area contributed by atoms with Gasteiger partial charge in [-0.3, -0.25) is 10.1 Å². The second-order valence-corrected chi connectivity index (χ2v) is 3.92. The predicted molar refractivity (Wildman–Crippen MR) is 48.6 cm³/mol. The number of carboxylic acids is 1. The highest BCUT2D eigenvalue weighted by atomic mass is 16.5. The molecule has 1 saturated heterocycles. The van der Waals surface area contributed by atoms with Crippen LogP contribution in [-0.2, 0) is 9.53 Å². The topological polar surface area (TPSA) is 58.6 Å².